The third-order valence-electron chi connectivity index (χ3n) is 3.95. The molecule has 0 unspecified atom stereocenters. The fraction of sp³-hybridized carbons (Fsp3) is 1.00. The summed E-state index contributed by atoms with van der Waals surface area (Å²) in [6.45, 7) is -1.45. The van der Waals surface area contributed by atoms with Gasteiger partial charge in [0.2, 0.25) is 6.36 Å². The van der Waals surface area contributed by atoms with Crippen LogP contribution in [0.15, 0.2) is 0 Å². The van der Waals surface area contributed by atoms with Crippen LogP contribution in [-0.2, 0) is 14.2 Å². The minimum Gasteiger partial charge on any atom is -0.394 e. The summed E-state index contributed by atoms with van der Waals surface area (Å²) in [5.74, 6) is 0. The number of alkyl halides is 1. The lowest BCUT2D eigenvalue weighted by Crippen LogP contribution is -2.64. The number of halogens is 1. The average molecular weight is 344 g/mol. The van der Waals surface area contributed by atoms with Gasteiger partial charge in [0.1, 0.15) is 48.8 Å². The molecule has 2 aliphatic heterocycles. The molecule has 0 aliphatic carbocycles. The molecule has 10 atom stereocenters. The highest BCUT2D eigenvalue weighted by atomic mass is 19.1. The van der Waals surface area contributed by atoms with Crippen LogP contribution in [0.25, 0.3) is 0 Å². The van der Waals surface area contributed by atoms with Crippen molar-refractivity contribution in [3.63, 3.8) is 0 Å². The monoisotopic (exact) mass is 344 g/mol. The van der Waals surface area contributed by atoms with Gasteiger partial charge in [-0.05, 0) is 0 Å². The molecule has 0 amide bonds. The van der Waals surface area contributed by atoms with Crippen molar-refractivity contribution in [2.45, 2.75) is 61.5 Å². The highest BCUT2D eigenvalue weighted by Gasteiger charge is 2.50. The number of rotatable bonds is 4. The number of ether oxygens (including phenoxy) is 3. The molecule has 10 nitrogen and oxygen atoms in total. The Morgan fingerprint density at radius 2 is 1.30 bits per heavy atom. The molecule has 2 fully saturated rings. The summed E-state index contributed by atoms with van der Waals surface area (Å²) >= 11 is 0. The zero-order valence-corrected chi connectivity index (χ0v) is 11.9. The standard InChI is InChI=1S/C12H21FO10/c13-11-9(20)10(6(17)4(2-15)21-11)23-12-8(19)7(18)5(16)3(1-14)22-12/h3-12,14-20H,1-2H2/t3-,4-,5+,6-,7+,8-,9-,10+,11+,12+/m1/s1. The van der Waals surface area contributed by atoms with Crippen LogP contribution in [0.5, 0.6) is 0 Å². The Hall–Kier alpha value is -0.470. The van der Waals surface area contributed by atoms with Crippen molar-refractivity contribution in [3.8, 4) is 0 Å². The predicted octanol–water partition coefficient (Wildman–Crippen LogP) is -4.42. The number of aliphatic hydroxyl groups is 7. The van der Waals surface area contributed by atoms with Crippen LogP contribution in [0.3, 0.4) is 0 Å². The summed E-state index contributed by atoms with van der Waals surface area (Å²) < 4.78 is 28.3. The molecule has 2 saturated heterocycles. The van der Waals surface area contributed by atoms with E-state index in [0.717, 1.165) is 0 Å². The van der Waals surface area contributed by atoms with Crippen LogP contribution in [-0.4, -0.2) is 110 Å². The minimum absolute atomic E-state index is 0.700. The molecule has 2 aliphatic rings. The van der Waals surface area contributed by atoms with Gasteiger partial charge in [0.05, 0.1) is 13.2 Å². The van der Waals surface area contributed by atoms with Gasteiger partial charge in [-0.1, -0.05) is 0 Å². The van der Waals surface area contributed by atoms with E-state index in [1.54, 1.807) is 0 Å². The van der Waals surface area contributed by atoms with Crippen molar-refractivity contribution in [1.29, 1.82) is 0 Å². The molecule has 11 heteroatoms. The summed E-state index contributed by atoms with van der Waals surface area (Å²) in [5.41, 5.74) is 0. The fourth-order valence-corrected chi connectivity index (χ4v) is 2.54. The minimum atomic E-state index is -2.26. The lowest BCUT2D eigenvalue weighted by atomic mass is 9.97. The Labute approximate surface area is 130 Å². The van der Waals surface area contributed by atoms with Gasteiger partial charge >= 0.3 is 0 Å². The molecule has 0 spiro atoms. The van der Waals surface area contributed by atoms with E-state index in [4.69, 9.17) is 19.7 Å². The zero-order valence-electron chi connectivity index (χ0n) is 11.9. The summed E-state index contributed by atoms with van der Waals surface area (Å²) in [5, 5.41) is 66.9. The number of aliphatic hydroxyl groups excluding tert-OH is 7. The van der Waals surface area contributed by atoms with Gasteiger partial charge in [0.25, 0.3) is 0 Å². The maximum absolute atomic E-state index is 13.6. The van der Waals surface area contributed by atoms with E-state index in [1.807, 2.05) is 0 Å². The second kappa shape index (κ2) is 7.61. The summed E-state index contributed by atoms with van der Waals surface area (Å²) in [7, 11) is 0. The van der Waals surface area contributed by atoms with Crippen LogP contribution >= 0.6 is 0 Å². The van der Waals surface area contributed by atoms with E-state index in [9.17, 15) is 29.9 Å². The van der Waals surface area contributed by atoms with E-state index in [-0.39, 0.29) is 0 Å². The van der Waals surface area contributed by atoms with Gasteiger partial charge in [0, 0.05) is 0 Å². The second-order valence-corrected chi connectivity index (χ2v) is 5.49. The van der Waals surface area contributed by atoms with Crippen LogP contribution < -0.4 is 0 Å². The SMILES string of the molecule is OC[C@H]1O[C@@H](O[C@@H]2[C@@H](O)[C@@H](F)O[C@H](CO)[C@H]2O)[C@H](O)[C@@H](O)[C@H]1O. The Bertz CT molecular complexity index is 385. The third kappa shape index (κ3) is 3.64. The van der Waals surface area contributed by atoms with Crippen LogP contribution in [0.2, 0.25) is 0 Å². The predicted molar refractivity (Wildman–Crippen MR) is 67.5 cm³/mol. The van der Waals surface area contributed by atoms with E-state index in [1.165, 1.54) is 0 Å². The highest BCUT2D eigenvalue weighted by Crippen LogP contribution is 2.29. The topological polar surface area (TPSA) is 169 Å². The van der Waals surface area contributed by atoms with Crippen molar-refractivity contribution in [1.82, 2.24) is 0 Å². The average Bonchev–Trinajstić information content (AvgIpc) is 2.54. The second-order valence-electron chi connectivity index (χ2n) is 5.49. The fourth-order valence-electron chi connectivity index (χ4n) is 2.54. The lowest BCUT2D eigenvalue weighted by molar-refractivity contribution is -0.349. The molecule has 0 aromatic heterocycles. The molecule has 0 bridgehead atoms. The maximum atomic E-state index is 13.6. The molecular formula is C12H21FO10. The number of hydrogen-bond donors (Lipinski definition) is 7. The molecule has 2 rings (SSSR count). The van der Waals surface area contributed by atoms with E-state index in [2.05, 4.69) is 4.74 Å². The molecule has 136 valence electrons. The Balaban J connectivity index is 2.11. The molecule has 0 aromatic rings. The first-order chi connectivity index (χ1) is 10.8. The Morgan fingerprint density at radius 3 is 1.87 bits per heavy atom. The van der Waals surface area contributed by atoms with Crippen molar-refractivity contribution < 1.29 is 54.3 Å². The molecule has 7 N–H and O–H groups in total. The Morgan fingerprint density at radius 1 is 0.739 bits per heavy atom. The molecule has 23 heavy (non-hydrogen) atoms. The van der Waals surface area contributed by atoms with Gasteiger partial charge in [-0.15, -0.1) is 0 Å². The molecule has 0 saturated carbocycles. The number of hydrogen-bond acceptors (Lipinski definition) is 10. The molecule has 0 aromatic carbocycles. The Kier molecular flexibility index (Phi) is 6.24. The smallest absolute Gasteiger partial charge is 0.228 e. The van der Waals surface area contributed by atoms with Crippen LogP contribution in [0.4, 0.5) is 4.39 Å². The molecule has 0 radical (unpaired) electrons. The summed E-state index contributed by atoms with van der Waals surface area (Å²) in [4.78, 5) is 0. The van der Waals surface area contributed by atoms with Crippen molar-refractivity contribution in [2.75, 3.05) is 13.2 Å². The van der Waals surface area contributed by atoms with Gasteiger partial charge in [-0.3, -0.25) is 0 Å². The lowest BCUT2D eigenvalue weighted by Gasteiger charge is -2.44. The highest BCUT2D eigenvalue weighted by molar-refractivity contribution is 4.93. The van der Waals surface area contributed by atoms with Gasteiger partial charge < -0.3 is 50.0 Å². The van der Waals surface area contributed by atoms with Gasteiger partial charge in [-0.2, -0.15) is 0 Å². The van der Waals surface area contributed by atoms with Crippen molar-refractivity contribution in [2.24, 2.45) is 0 Å². The molecule has 2 heterocycles. The normalized spacial score (nSPS) is 51.7. The van der Waals surface area contributed by atoms with Crippen molar-refractivity contribution in [3.05, 3.63) is 0 Å². The van der Waals surface area contributed by atoms with Gasteiger partial charge in [0.15, 0.2) is 6.29 Å². The van der Waals surface area contributed by atoms with E-state index < -0.39 is 74.7 Å². The summed E-state index contributed by atoms with van der Waals surface area (Å²) in [6.07, 6.45) is -16.9. The van der Waals surface area contributed by atoms with E-state index >= 15 is 0 Å². The molecular weight excluding hydrogens is 323 g/mol. The first kappa shape index (κ1) is 18.9. The maximum Gasteiger partial charge on any atom is 0.228 e. The van der Waals surface area contributed by atoms with E-state index in [0.29, 0.717) is 0 Å². The van der Waals surface area contributed by atoms with Crippen molar-refractivity contribution >= 4 is 0 Å². The third-order valence-corrected chi connectivity index (χ3v) is 3.95. The largest absolute Gasteiger partial charge is 0.394 e. The summed E-state index contributed by atoms with van der Waals surface area (Å²) in [6, 6.07) is 0. The van der Waals surface area contributed by atoms with Gasteiger partial charge in [-0.25, -0.2) is 4.39 Å². The first-order valence-corrected chi connectivity index (χ1v) is 7.04. The zero-order chi connectivity index (χ0) is 17.3. The quantitative estimate of drug-likeness (QED) is 0.264. The van der Waals surface area contributed by atoms with Crippen LogP contribution in [0.1, 0.15) is 0 Å². The first-order valence-electron chi connectivity index (χ1n) is 7.04. The van der Waals surface area contributed by atoms with Crippen LogP contribution in [0, 0.1) is 0 Å².